The highest BCUT2D eigenvalue weighted by Crippen LogP contribution is 2.35. The summed E-state index contributed by atoms with van der Waals surface area (Å²) in [5.74, 6) is 0.0607. The molecule has 1 aliphatic rings. The minimum atomic E-state index is -0.452. The maximum absolute atomic E-state index is 13.5. The molecule has 0 spiro atoms. The van der Waals surface area contributed by atoms with Crippen molar-refractivity contribution in [2.24, 2.45) is 0 Å². The minimum absolute atomic E-state index is 0.122. The second-order valence-corrected chi connectivity index (χ2v) is 7.40. The molecule has 0 fully saturated rings. The van der Waals surface area contributed by atoms with Gasteiger partial charge in [0.1, 0.15) is 11.6 Å². The van der Waals surface area contributed by atoms with Crippen molar-refractivity contribution in [1.29, 1.82) is 0 Å². The molecule has 8 heteroatoms. The molecule has 1 aliphatic heterocycles. The maximum atomic E-state index is 13.5. The van der Waals surface area contributed by atoms with Gasteiger partial charge in [-0.25, -0.2) is 9.37 Å². The van der Waals surface area contributed by atoms with Crippen molar-refractivity contribution in [1.82, 2.24) is 9.97 Å². The summed E-state index contributed by atoms with van der Waals surface area (Å²) in [5, 5.41) is 3.16. The number of nitrogens with one attached hydrogen (secondary N) is 2. The normalized spacial score (nSPS) is 16.6. The zero-order chi connectivity index (χ0) is 17.3. The lowest BCUT2D eigenvalue weighted by molar-refractivity contribution is -0.116. The highest BCUT2D eigenvalue weighted by atomic mass is 79.9. The molecule has 0 unspecified atom stereocenters. The number of benzene rings is 1. The van der Waals surface area contributed by atoms with E-state index in [9.17, 15) is 14.0 Å². The van der Waals surface area contributed by atoms with E-state index < -0.39 is 11.7 Å². The standard InChI is InChI=1S/C16H15BrFN3O2S/c1-2-5-24-16-20-14-13(15(23)21-16)9(7-12(22)19-14)8-3-4-11(18)10(17)6-8/h3-4,6,9H,2,5,7H2,1H3,(H2,19,20,21,22,23)/t9-/m1/s1. The molecule has 5 nitrogen and oxygen atoms in total. The van der Waals surface area contributed by atoms with Crippen LogP contribution in [0.5, 0.6) is 0 Å². The van der Waals surface area contributed by atoms with E-state index in [1.807, 2.05) is 6.92 Å². The second-order valence-electron chi connectivity index (χ2n) is 5.46. The van der Waals surface area contributed by atoms with E-state index >= 15 is 0 Å². The number of anilines is 1. The van der Waals surface area contributed by atoms with E-state index in [0.717, 1.165) is 12.2 Å². The van der Waals surface area contributed by atoms with Crippen LogP contribution in [0.15, 0.2) is 32.6 Å². The molecular formula is C16H15BrFN3O2S. The highest BCUT2D eigenvalue weighted by Gasteiger charge is 2.31. The van der Waals surface area contributed by atoms with Crippen LogP contribution in [0.25, 0.3) is 0 Å². The summed E-state index contributed by atoms with van der Waals surface area (Å²) in [6.45, 7) is 2.04. The van der Waals surface area contributed by atoms with Gasteiger partial charge in [-0.15, -0.1) is 0 Å². The summed E-state index contributed by atoms with van der Waals surface area (Å²) >= 11 is 4.58. The number of halogens is 2. The molecule has 0 saturated carbocycles. The maximum Gasteiger partial charge on any atom is 0.257 e. The zero-order valence-corrected chi connectivity index (χ0v) is 15.3. The van der Waals surface area contributed by atoms with Gasteiger partial charge >= 0.3 is 0 Å². The number of thioether (sulfide) groups is 1. The summed E-state index contributed by atoms with van der Waals surface area (Å²) in [6, 6.07) is 4.51. The number of hydrogen-bond acceptors (Lipinski definition) is 4. The van der Waals surface area contributed by atoms with Gasteiger partial charge in [0.25, 0.3) is 5.56 Å². The molecule has 1 atom stereocenters. The quantitative estimate of drug-likeness (QED) is 0.594. The molecule has 0 saturated heterocycles. The van der Waals surface area contributed by atoms with Crippen molar-refractivity contribution in [3.63, 3.8) is 0 Å². The van der Waals surface area contributed by atoms with Crippen LogP contribution in [0.2, 0.25) is 0 Å². The highest BCUT2D eigenvalue weighted by molar-refractivity contribution is 9.10. The molecule has 24 heavy (non-hydrogen) atoms. The number of aromatic amines is 1. The molecule has 2 N–H and O–H groups in total. The molecule has 1 aromatic carbocycles. The van der Waals surface area contributed by atoms with E-state index in [1.165, 1.54) is 17.8 Å². The number of amides is 1. The van der Waals surface area contributed by atoms with Crippen LogP contribution in [0.4, 0.5) is 10.2 Å². The van der Waals surface area contributed by atoms with E-state index in [-0.39, 0.29) is 17.9 Å². The SMILES string of the molecule is CCCSc1nc2c(c(=O)[nH]1)[C@@H](c1ccc(F)c(Br)c1)CC(=O)N2. The third-order valence-corrected chi connectivity index (χ3v) is 5.41. The van der Waals surface area contributed by atoms with Crippen LogP contribution in [-0.2, 0) is 4.79 Å². The minimum Gasteiger partial charge on any atom is -0.310 e. The molecule has 3 rings (SSSR count). The Morgan fingerprint density at radius 1 is 1.42 bits per heavy atom. The Bertz CT molecular complexity index is 856. The van der Waals surface area contributed by atoms with Crippen LogP contribution in [0, 0.1) is 5.82 Å². The number of hydrogen-bond donors (Lipinski definition) is 2. The first-order valence-electron chi connectivity index (χ1n) is 7.51. The molecular weight excluding hydrogens is 397 g/mol. The van der Waals surface area contributed by atoms with Crippen LogP contribution in [0.1, 0.15) is 36.8 Å². The molecule has 126 valence electrons. The number of nitrogens with zero attached hydrogens (tertiary/aromatic N) is 1. The fourth-order valence-corrected chi connectivity index (χ4v) is 3.75. The van der Waals surface area contributed by atoms with Crippen molar-refractivity contribution in [3.8, 4) is 0 Å². The molecule has 0 bridgehead atoms. The third kappa shape index (κ3) is 3.39. The van der Waals surface area contributed by atoms with Gasteiger partial charge < -0.3 is 10.3 Å². The molecule has 2 aromatic rings. The number of H-pyrrole nitrogens is 1. The van der Waals surface area contributed by atoms with Crippen molar-refractivity contribution in [2.45, 2.75) is 30.8 Å². The Morgan fingerprint density at radius 3 is 2.92 bits per heavy atom. The zero-order valence-electron chi connectivity index (χ0n) is 12.9. The average Bonchev–Trinajstić information content (AvgIpc) is 2.54. The Labute approximate surface area is 150 Å². The molecule has 1 aromatic heterocycles. The van der Waals surface area contributed by atoms with Crippen LogP contribution >= 0.6 is 27.7 Å². The number of aromatic nitrogens is 2. The Kier molecular flexibility index (Phi) is 5.05. The summed E-state index contributed by atoms with van der Waals surface area (Å²) in [6.07, 6.45) is 1.07. The van der Waals surface area contributed by atoms with Crippen LogP contribution in [0.3, 0.4) is 0 Å². The number of rotatable bonds is 4. The molecule has 2 heterocycles. The Hall–Kier alpha value is -1.67. The monoisotopic (exact) mass is 411 g/mol. The predicted molar refractivity (Wildman–Crippen MR) is 95.1 cm³/mol. The van der Waals surface area contributed by atoms with Crippen molar-refractivity contribution in [2.75, 3.05) is 11.1 Å². The largest absolute Gasteiger partial charge is 0.310 e. The van der Waals surface area contributed by atoms with Gasteiger partial charge in [-0.1, -0.05) is 24.8 Å². The average molecular weight is 412 g/mol. The lowest BCUT2D eigenvalue weighted by Crippen LogP contribution is -2.31. The van der Waals surface area contributed by atoms with Crippen LogP contribution < -0.4 is 10.9 Å². The van der Waals surface area contributed by atoms with E-state index in [1.54, 1.807) is 12.1 Å². The van der Waals surface area contributed by atoms with Gasteiger partial charge in [-0.2, -0.15) is 0 Å². The van der Waals surface area contributed by atoms with Crippen molar-refractivity contribution in [3.05, 3.63) is 50.0 Å². The molecule has 0 radical (unpaired) electrons. The van der Waals surface area contributed by atoms with Crippen LogP contribution in [-0.4, -0.2) is 21.6 Å². The number of carbonyl (C=O) groups excluding carboxylic acids is 1. The first-order chi connectivity index (χ1) is 11.5. The summed E-state index contributed by atoms with van der Waals surface area (Å²) in [4.78, 5) is 31.7. The Morgan fingerprint density at radius 2 is 2.21 bits per heavy atom. The van der Waals surface area contributed by atoms with Crippen molar-refractivity contribution < 1.29 is 9.18 Å². The third-order valence-electron chi connectivity index (χ3n) is 3.72. The first kappa shape index (κ1) is 17.2. The van der Waals surface area contributed by atoms with Gasteiger partial charge in [-0.05, 0) is 40.0 Å². The summed E-state index contributed by atoms with van der Waals surface area (Å²) in [5.41, 5.74) is 0.832. The Balaban J connectivity index is 2.07. The van der Waals surface area contributed by atoms with Gasteiger partial charge in [0.2, 0.25) is 5.91 Å². The molecule has 1 amide bonds. The van der Waals surface area contributed by atoms with Gasteiger partial charge in [0.05, 0.1) is 10.0 Å². The number of fused-ring (bicyclic) bond motifs is 1. The smallest absolute Gasteiger partial charge is 0.257 e. The van der Waals surface area contributed by atoms with Crippen molar-refractivity contribution >= 4 is 39.4 Å². The topological polar surface area (TPSA) is 74.8 Å². The number of carbonyl (C=O) groups is 1. The lowest BCUT2D eigenvalue weighted by atomic mass is 9.87. The van der Waals surface area contributed by atoms with E-state index in [4.69, 9.17) is 0 Å². The van der Waals surface area contributed by atoms with E-state index in [0.29, 0.717) is 26.6 Å². The first-order valence-corrected chi connectivity index (χ1v) is 9.29. The van der Waals surface area contributed by atoms with Gasteiger partial charge in [-0.3, -0.25) is 9.59 Å². The summed E-state index contributed by atoms with van der Waals surface area (Å²) in [7, 11) is 0. The predicted octanol–water partition coefficient (Wildman–Crippen LogP) is 3.65. The summed E-state index contributed by atoms with van der Waals surface area (Å²) < 4.78 is 13.8. The second kappa shape index (κ2) is 7.06. The lowest BCUT2D eigenvalue weighted by Gasteiger charge is -2.24. The van der Waals surface area contributed by atoms with Gasteiger partial charge in [0, 0.05) is 18.1 Å². The molecule has 0 aliphatic carbocycles. The fourth-order valence-electron chi connectivity index (χ4n) is 2.63. The van der Waals surface area contributed by atoms with Gasteiger partial charge in [0.15, 0.2) is 5.16 Å². The van der Waals surface area contributed by atoms with E-state index in [2.05, 4.69) is 31.2 Å². The fraction of sp³-hybridized carbons (Fsp3) is 0.312.